The molecule has 0 aliphatic heterocycles. The van der Waals surface area contributed by atoms with E-state index in [4.69, 9.17) is 5.73 Å². The monoisotopic (exact) mass is 191 g/mol. The van der Waals surface area contributed by atoms with Crippen LogP contribution in [0.1, 0.15) is 18.9 Å². The Morgan fingerprint density at radius 3 is 2.50 bits per heavy atom. The molecule has 0 aliphatic carbocycles. The molecule has 1 rings (SSSR count). The molecule has 14 heavy (non-hydrogen) atoms. The average molecular weight is 191 g/mol. The molecule has 0 saturated carbocycles. The predicted octanol–water partition coefficient (Wildman–Crippen LogP) is 2.12. The van der Waals surface area contributed by atoms with Crippen LogP contribution in [0, 0.1) is 11.8 Å². The maximum absolute atomic E-state index is 13.6. The van der Waals surface area contributed by atoms with Crippen LogP contribution in [-0.4, -0.2) is 12.2 Å². The van der Waals surface area contributed by atoms with Gasteiger partial charge in [0.05, 0.1) is 0 Å². The number of rotatable bonds is 2. The van der Waals surface area contributed by atoms with Crippen LogP contribution in [0.2, 0.25) is 0 Å². The van der Waals surface area contributed by atoms with Gasteiger partial charge in [-0.15, -0.1) is 0 Å². The molecule has 0 bridgehead atoms. The van der Waals surface area contributed by atoms with Crippen molar-refractivity contribution < 1.29 is 4.39 Å². The molecule has 0 amide bonds. The summed E-state index contributed by atoms with van der Waals surface area (Å²) in [6, 6.07) is 9.34. The molecule has 0 saturated heterocycles. The van der Waals surface area contributed by atoms with Crippen LogP contribution in [0.3, 0.4) is 0 Å². The normalized spacial score (nSPS) is 13.9. The van der Waals surface area contributed by atoms with Crippen LogP contribution in [0.4, 0.5) is 4.39 Å². The highest BCUT2D eigenvalue weighted by atomic mass is 19.1. The molecule has 0 radical (unpaired) electrons. The molecule has 2 N–H and O–H groups in total. The topological polar surface area (TPSA) is 26.0 Å². The second-order valence-corrected chi connectivity index (χ2v) is 3.14. The van der Waals surface area contributed by atoms with E-state index in [1.807, 2.05) is 30.3 Å². The van der Waals surface area contributed by atoms with Gasteiger partial charge in [-0.05, 0) is 18.6 Å². The Morgan fingerprint density at radius 1 is 1.36 bits per heavy atom. The quantitative estimate of drug-likeness (QED) is 0.712. The Balaban J connectivity index is 2.82. The van der Waals surface area contributed by atoms with Crippen molar-refractivity contribution >= 4 is 0 Å². The lowest BCUT2D eigenvalue weighted by atomic mass is 10.0. The van der Waals surface area contributed by atoms with Gasteiger partial charge in [0.15, 0.2) is 5.67 Å². The van der Waals surface area contributed by atoms with E-state index in [9.17, 15) is 4.39 Å². The number of alkyl halides is 1. The van der Waals surface area contributed by atoms with Gasteiger partial charge in [-0.2, -0.15) is 0 Å². The van der Waals surface area contributed by atoms with E-state index in [0.29, 0.717) is 6.42 Å². The highest BCUT2D eigenvalue weighted by Crippen LogP contribution is 2.12. The average Bonchev–Trinajstić information content (AvgIpc) is 2.27. The molecule has 1 atom stereocenters. The van der Waals surface area contributed by atoms with Crippen LogP contribution in [0.15, 0.2) is 30.3 Å². The van der Waals surface area contributed by atoms with E-state index < -0.39 is 5.67 Å². The summed E-state index contributed by atoms with van der Waals surface area (Å²) in [4.78, 5) is 0. The van der Waals surface area contributed by atoms with Gasteiger partial charge in [0, 0.05) is 12.1 Å². The first kappa shape index (κ1) is 10.7. The Labute approximate surface area is 84.1 Å². The number of hydrogen-bond acceptors (Lipinski definition) is 1. The lowest BCUT2D eigenvalue weighted by Gasteiger charge is -2.13. The van der Waals surface area contributed by atoms with E-state index >= 15 is 0 Å². The molecule has 1 aromatic carbocycles. The van der Waals surface area contributed by atoms with Gasteiger partial charge < -0.3 is 5.73 Å². The standard InChI is InChI=1S/C12H14FN/c1-2-12(13,10-14)9-8-11-6-4-3-5-7-11/h3-7H,2,10,14H2,1H3. The van der Waals surface area contributed by atoms with E-state index in [0.717, 1.165) is 5.56 Å². The number of nitrogens with two attached hydrogens (primary N) is 1. The van der Waals surface area contributed by atoms with Crippen LogP contribution in [-0.2, 0) is 0 Å². The second-order valence-electron chi connectivity index (χ2n) is 3.14. The molecular weight excluding hydrogens is 177 g/mol. The maximum atomic E-state index is 13.6. The summed E-state index contributed by atoms with van der Waals surface area (Å²) in [6.45, 7) is 1.69. The molecule has 1 aromatic rings. The van der Waals surface area contributed by atoms with Crippen molar-refractivity contribution in [3.63, 3.8) is 0 Å². The van der Waals surface area contributed by atoms with Crippen molar-refractivity contribution in [2.75, 3.05) is 6.54 Å². The van der Waals surface area contributed by atoms with Crippen molar-refractivity contribution in [1.29, 1.82) is 0 Å². The molecule has 0 heterocycles. The SMILES string of the molecule is CCC(F)(C#Cc1ccccc1)CN. The van der Waals surface area contributed by atoms with Gasteiger partial charge in [0.25, 0.3) is 0 Å². The zero-order valence-electron chi connectivity index (χ0n) is 8.26. The lowest BCUT2D eigenvalue weighted by molar-refractivity contribution is 0.245. The highest BCUT2D eigenvalue weighted by Gasteiger charge is 2.21. The summed E-state index contributed by atoms with van der Waals surface area (Å²) >= 11 is 0. The first-order valence-electron chi connectivity index (χ1n) is 4.67. The molecule has 0 spiro atoms. The molecule has 1 nitrogen and oxygen atoms in total. The van der Waals surface area contributed by atoms with Gasteiger partial charge in [-0.25, -0.2) is 4.39 Å². The third-order valence-electron chi connectivity index (χ3n) is 2.09. The number of halogens is 1. The first-order valence-corrected chi connectivity index (χ1v) is 4.67. The van der Waals surface area contributed by atoms with E-state index in [1.54, 1.807) is 6.92 Å². The van der Waals surface area contributed by atoms with Gasteiger partial charge in [0.1, 0.15) is 0 Å². The summed E-state index contributed by atoms with van der Waals surface area (Å²) in [7, 11) is 0. The van der Waals surface area contributed by atoms with Crippen LogP contribution < -0.4 is 5.73 Å². The zero-order valence-corrected chi connectivity index (χ0v) is 8.26. The van der Waals surface area contributed by atoms with Crippen molar-refractivity contribution in [2.24, 2.45) is 5.73 Å². The molecule has 2 heteroatoms. The van der Waals surface area contributed by atoms with Gasteiger partial charge in [0.2, 0.25) is 0 Å². The number of benzene rings is 1. The minimum absolute atomic E-state index is 0.0522. The molecule has 74 valence electrons. The highest BCUT2D eigenvalue weighted by molar-refractivity contribution is 5.36. The Bertz CT molecular complexity index is 330. The van der Waals surface area contributed by atoms with Crippen LogP contribution in [0.5, 0.6) is 0 Å². The van der Waals surface area contributed by atoms with Gasteiger partial charge in [-0.3, -0.25) is 0 Å². The van der Waals surface area contributed by atoms with Crippen LogP contribution in [0.25, 0.3) is 0 Å². The third kappa shape index (κ3) is 2.86. The van der Waals surface area contributed by atoms with Gasteiger partial charge >= 0.3 is 0 Å². The van der Waals surface area contributed by atoms with E-state index in [1.165, 1.54) is 0 Å². The van der Waals surface area contributed by atoms with Crippen molar-refractivity contribution in [2.45, 2.75) is 19.0 Å². The molecule has 0 aliphatic rings. The van der Waals surface area contributed by atoms with E-state index in [-0.39, 0.29) is 6.54 Å². The summed E-state index contributed by atoms with van der Waals surface area (Å²) in [5.41, 5.74) is 4.57. The summed E-state index contributed by atoms with van der Waals surface area (Å²) < 4.78 is 13.6. The molecule has 0 aromatic heterocycles. The van der Waals surface area contributed by atoms with E-state index in [2.05, 4.69) is 11.8 Å². The predicted molar refractivity (Wildman–Crippen MR) is 56.5 cm³/mol. The van der Waals surface area contributed by atoms with Crippen molar-refractivity contribution in [3.05, 3.63) is 35.9 Å². The largest absolute Gasteiger partial charge is 0.327 e. The molecule has 1 unspecified atom stereocenters. The Morgan fingerprint density at radius 2 is 2.00 bits per heavy atom. The fourth-order valence-corrected chi connectivity index (χ4v) is 0.989. The Kier molecular flexibility index (Phi) is 3.67. The van der Waals surface area contributed by atoms with Gasteiger partial charge in [-0.1, -0.05) is 37.0 Å². The second kappa shape index (κ2) is 4.78. The summed E-state index contributed by atoms with van der Waals surface area (Å²) in [5, 5.41) is 0. The van der Waals surface area contributed by atoms with Crippen molar-refractivity contribution in [3.8, 4) is 11.8 Å². The molecule has 0 fully saturated rings. The summed E-state index contributed by atoms with van der Waals surface area (Å²) in [5.74, 6) is 5.35. The summed E-state index contributed by atoms with van der Waals surface area (Å²) in [6.07, 6.45) is 0.323. The fraction of sp³-hybridized carbons (Fsp3) is 0.333. The maximum Gasteiger partial charge on any atom is 0.183 e. The zero-order chi connectivity index (χ0) is 10.4. The Hall–Kier alpha value is -1.33. The first-order chi connectivity index (χ1) is 6.70. The fourth-order valence-electron chi connectivity index (χ4n) is 0.989. The van der Waals surface area contributed by atoms with Crippen LogP contribution >= 0.6 is 0 Å². The minimum atomic E-state index is -1.55. The van der Waals surface area contributed by atoms with Crippen molar-refractivity contribution in [1.82, 2.24) is 0 Å². The minimum Gasteiger partial charge on any atom is -0.327 e. The smallest absolute Gasteiger partial charge is 0.183 e. The number of hydrogen-bond donors (Lipinski definition) is 1. The molecular formula is C12H14FN. The lowest BCUT2D eigenvalue weighted by Crippen LogP contribution is -2.30. The third-order valence-corrected chi connectivity index (χ3v) is 2.09.